The highest BCUT2D eigenvalue weighted by atomic mass is 16.5. The van der Waals surface area contributed by atoms with Crippen LogP contribution >= 0.6 is 0 Å². The summed E-state index contributed by atoms with van der Waals surface area (Å²) in [5.41, 5.74) is 0.580. The van der Waals surface area contributed by atoms with Crippen molar-refractivity contribution in [2.75, 3.05) is 18.5 Å². The molecule has 2 heterocycles. The first kappa shape index (κ1) is 14.8. The molecule has 1 amide bonds. The first-order valence-corrected chi connectivity index (χ1v) is 7.33. The van der Waals surface area contributed by atoms with Crippen LogP contribution in [0, 0.1) is 0 Å². The Hall–Kier alpha value is -1.62. The maximum absolute atomic E-state index is 12.1. The monoisotopic (exact) mass is 277 g/mol. The molecule has 1 aromatic rings. The average molecular weight is 277 g/mol. The average Bonchev–Trinajstić information content (AvgIpc) is 3.00. The third kappa shape index (κ3) is 3.93. The van der Waals surface area contributed by atoms with Gasteiger partial charge in [0.1, 0.15) is 5.82 Å². The Morgan fingerprint density at radius 1 is 1.55 bits per heavy atom. The van der Waals surface area contributed by atoms with Crippen molar-refractivity contribution >= 4 is 11.7 Å². The van der Waals surface area contributed by atoms with Crippen LogP contribution in [0.5, 0.6) is 0 Å². The van der Waals surface area contributed by atoms with Crippen LogP contribution in [-0.2, 0) is 4.74 Å². The number of ether oxygens (including phenoxy) is 1. The lowest BCUT2D eigenvalue weighted by Crippen LogP contribution is -2.40. The van der Waals surface area contributed by atoms with E-state index >= 15 is 0 Å². The van der Waals surface area contributed by atoms with E-state index in [2.05, 4.69) is 22.5 Å². The number of nitrogens with one attached hydrogen (secondary N) is 2. The van der Waals surface area contributed by atoms with Gasteiger partial charge >= 0.3 is 0 Å². The molecule has 0 aliphatic carbocycles. The van der Waals surface area contributed by atoms with Crippen molar-refractivity contribution in [2.45, 2.75) is 45.3 Å². The SMILES string of the molecule is CCCNc1ccc(C(=O)NC(C)C2CCCO2)cn1. The smallest absolute Gasteiger partial charge is 0.253 e. The molecule has 0 spiro atoms. The Morgan fingerprint density at radius 3 is 3.00 bits per heavy atom. The topological polar surface area (TPSA) is 63.2 Å². The van der Waals surface area contributed by atoms with Gasteiger partial charge in [-0.15, -0.1) is 0 Å². The van der Waals surface area contributed by atoms with Crippen LogP contribution in [0.15, 0.2) is 18.3 Å². The van der Waals surface area contributed by atoms with E-state index < -0.39 is 0 Å². The van der Waals surface area contributed by atoms with Gasteiger partial charge in [-0.2, -0.15) is 0 Å². The maximum Gasteiger partial charge on any atom is 0.253 e. The molecule has 0 saturated carbocycles. The molecule has 5 nitrogen and oxygen atoms in total. The third-order valence-electron chi connectivity index (χ3n) is 3.46. The first-order chi connectivity index (χ1) is 9.70. The summed E-state index contributed by atoms with van der Waals surface area (Å²) in [6, 6.07) is 3.66. The zero-order valence-electron chi connectivity index (χ0n) is 12.2. The van der Waals surface area contributed by atoms with Crippen LogP contribution in [-0.4, -0.2) is 36.2 Å². The minimum absolute atomic E-state index is 0.0305. The number of carbonyl (C=O) groups excluding carboxylic acids is 1. The Labute approximate surface area is 120 Å². The predicted octanol–water partition coefficient (Wildman–Crippen LogP) is 2.20. The number of aromatic nitrogens is 1. The molecule has 2 unspecified atom stereocenters. The van der Waals surface area contributed by atoms with Gasteiger partial charge in [0.05, 0.1) is 17.7 Å². The fourth-order valence-electron chi connectivity index (χ4n) is 2.27. The van der Waals surface area contributed by atoms with E-state index in [4.69, 9.17) is 4.74 Å². The normalized spacial score (nSPS) is 19.6. The molecule has 0 aromatic carbocycles. The highest BCUT2D eigenvalue weighted by Gasteiger charge is 2.23. The summed E-state index contributed by atoms with van der Waals surface area (Å²) in [5.74, 6) is 0.707. The van der Waals surface area contributed by atoms with Gasteiger partial charge in [-0.05, 0) is 38.3 Å². The van der Waals surface area contributed by atoms with Crippen LogP contribution in [0.1, 0.15) is 43.5 Å². The Balaban J connectivity index is 1.88. The van der Waals surface area contributed by atoms with Crippen LogP contribution in [0.4, 0.5) is 5.82 Å². The summed E-state index contributed by atoms with van der Waals surface area (Å²) in [6.07, 6.45) is 4.87. The maximum atomic E-state index is 12.1. The lowest BCUT2D eigenvalue weighted by molar-refractivity contribution is 0.0712. The molecular weight excluding hydrogens is 254 g/mol. The van der Waals surface area contributed by atoms with E-state index in [1.807, 2.05) is 13.0 Å². The second-order valence-corrected chi connectivity index (χ2v) is 5.17. The van der Waals surface area contributed by atoms with Gasteiger partial charge < -0.3 is 15.4 Å². The Kier molecular flexibility index (Phi) is 5.35. The third-order valence-corrected chi connectivity index (χ3v) is 3.46. The van der Waals surface area contributed by atoms with Crippen LogP contribution < -0.4 is 10.6 Å². The summed E-state index contributed by atoms with van der Waals surface area (Å²) in [4.78, 5) is 16.3. The quantitative estimate of drug-likeness (QED) is 0.836. The molecule has 2 rings (SSSR count). The minimum atomic E-state index is -0.0949. The molecule has 0 bridgehead atoms. The number of hydrogen-bond acceptors (Lipinski definition) is 4. The van der Waals surface area contributed by atoms with E-state index in [-0.39, 0.29) is 18.1 Å². The van der Waals surface area contributed by atoms with Gasteiger partial charge in [0.15, 0.2) is 0 Å². The lowest BCUT2D eigenvalue weighted by Gasteiger charge is -2.19. The van der Waals surface area contributed by atoms with Crippen LogP contribution in [0.2, 0.25) is 0 Å². The molecule has 110 valence electrons. The van der Waals surface area contributed by atoms with E-state index in [9.17, 15) is 4.79 Å². The second-order valence-electron chi connectivity index (χ2n) is 5.17. The molecule has 2 N–H and O–H groups in total. The van der Waals surface area contributed by atoms with E-state index in [1.54, 1.807) is 12.3 Å². The van der Waals surface area contributed by atoms with Crippen molar-refractivity contribution in [2.24, 2.45) is 0 Å². The van der Waals surface area contributed by atoms with Crippen molar-refractivity contribution in [1.29, 1.82) is 0 Å². The molecule has 1 saturated heterocycles. The number of anilines is 1. The molecule has 20 heavy (non-hydrogen) atoms. The van der Waals surface area contributed by atoms with Gasteiger partial charge in [-0.25, -0.2) is 4.98 Å². The molecule has 5 heteroatoms. The standard InChI is InChI=1S/C15H23N3O2/c1-3-8-16-14-7-6-12(10-17-14)15(19)18-11(2)13-5-4-9-20-13/h6-7,10-11,13H,3-5,8-9H2,1-2H3,(H,16,17)(H,18,19). The fourth-order valence-corrected chi connectivity index (χ4v) is 2.27. The minimum Gasteiger partial charge on any atom is -0.376 e. The summed E-state index contributed by atoms with van der Waals surface area (Å²) >= 11 is 0. The van der Waals surface area contributed by atoms with Crippen molar-refractivity contribution in [3.05, 3.63) is 23.9 Å². The molecule has 0 radical (unpaired) electrons. The molecule has 1 fully saturated rings. The number of amides is 1. The number of hydrogen-bond donors (Lipinski definition) is 2. The predicted molar refractivity (Wildman–Crippen MR) is 78.9 cm³/mol. The lowest BCUT2D eigenvalue weighted by atomic mass is 10.1. The van der Waals surface area contributed by atoms with E-state index in [0.717, 1.165) is 38.2 Å². The van der Waals surface area contributed by atoms with Crippen molar-refractivity contribution < 1.29 is 9.53 Å². The fraction of sp³-hybridized carbons (Fsp3) is 0.600. The molecule has 1 aliphatic rings. The van der Waals surface area contributed by atoms with Gasteiger partial charge in [0, 0.05) is 19.3 Å². The Bertz CT molecular complexity index is 427. The molecule has 2 atom stereocenters. The van der Waals surface area contributed by atoms with Gasteiger partial charge in [-0.3, -0.25) is 4.79 Å². The van der Waals surface area contributed by atoms with Gasteiger partial charge in [-0.1, -0.05) is 6.92 Å². The summed E-state index contributed by atoms with van der Waals surface area (Å²) in [6.45, 7) is 5.76. The summed E-state index contributed by atoms with van der Waals surface area (Å²) < 4.78 is 5.57. The van der Waals surface area contributed by atoms with Crippen molar-refractivity contribution in [3.8, 4) is 0 Å². The first-order valence-electron chi connectivity index (χ1n) is 7.33. The molecule has 1 aromatic heterocycles. The molecular formula is C15H23N3O2. The van der Waals surface area contributed by atoms with E-state index in [0.29, 0.717) is 5.56 Å². The number of rotatable bonds is 6. The van der Waals surface area contributed by atoms with Gasteiger partial charge in [0.25, 0.3) is 5.91 Å². The number of nitrogens with zero attached hydrogens (tertiary/aromatic N) is 1. The zero-order valence-corrected chi connectivity index (χ0v) is 12.2. The van der Waals surface area contributed by atoms with Gasteiger partial charge in [0.2, 0.25) is 0 Å². The summed E-state index contributed by atoms with van der Waals surface area (Å²) in [7, 11) is 0. The number of carbonyl (C=O) groups is 1. The van der Waals surface area contributed by atoms with Crippen LogP contribution in [0.25, 0.3) is 0 Å². The Morgan fingerprint density at radius 2 is 2.40 bits per heavy atom. The number of pyridine rings is 1. The highest BCUT2D eigenvalue weighted by Crippen LogP contribution is 2.15. The van der Waals surface area contributed by atoms with Crippen molar-refractivity contribution in [3.63, 3.8) is 0 Å². The van der Waals surface area contributed by atoms with E-state index in [1.165, 1.54) is 0 Å². The zero-order chi connectivity index (χ0) is 14.4. The molecule has 1 aliphatic heterocycles. The highest BCUT2D eigenvalue weighted by molar-refractivity contribution is 5.94. The van der Waals surface area contributed by atoms with Crippen molar-refractivity contribution in [1.82, 2.24) is 10.3 Å². The van der Waals surface area contributed by atoms with Crippen LogP contribution in [0.3, 0.4) is 0 Å². The summed E-state index contributed by atoms with van der Waals surface area (Å²) in [5, 5.41) is 6.16. The second kappa shape index (κ2) is 7.24. The largest absolute Gasteiger partial charge is 0.376 e.